The van der Waals surface area contributed by atoms with Crippen molar-refractivity contribution < 1.29 is 14.3 Å². The summed E-state index contributed by atoms with van der Waals surface area (Å²) in [6.45, 7) is 0. The molecule has 6 rings (SSSR count). The molecule has 2 aromatic rings. The van der Waals surface area contributed by atoms with E-state index in [9.17, 15) is 9.59 Å². The van der Waals surface area contributed by atoms with Crippen LogP contribution in [-0.2, 0) is 0 Å². The van der Waals surface area contributed by atoms with E-state index in [-0.39, 0.29) is 5.91 Å². The Labute approximate surface area is 177 Å². The van der Waals surface area contributed by atoms with Crippen molar-refractivity contribution in [2.75, 3.05) is 0 Å². The predicted molar refractivity (Wildman–Crippen MR) is 116 cm³/mol. The number of imide groups is 1. The second kappa shape index (κ2) is 6.21. The number of ether oxygens (including phenoxy) is 1. The Hall–Kier alpha value is -3.57. The van der Waals surface area contributed by atoms with Crippen molar-refractivity contribution in [3.8, 4) is 5.75 Å². The Balaban J connectivity index is 1.50. The van der Waals surface area contributed by atoms with Gasteiger partial charge in [0.2, 0.25) is 0 Å². The number of amides is 2. The van der Waals surface area contributed by atoms with Gasteiger partial charge in [-0.3, -0.25) is 14.9 Å². The number of thioether (sulfide) groups is 1. The molecule has 5 heteroatoms. The van der Waals surface area contributed by atoms with Crippen molar-refractivity contribution in [3.63, 3.8) is 0 Å². The summed E-state index contributed by atoms with van der Waals surface area (Å²) in [5.41, 5.74) is 2.63. The van der Waals surface area contributed by atoms with Crippen molar-refractivity contribution in [2.24, 2.45) is 0 Å². The minimum Gasteiger partial charge on any atom is -0.472 e. The second-order valence-corrected chi connectivity index (χ2v) is 8.55. The summed E-state index contributed by atoms with van der Waals surface area (Å²) in [4.78, 5) is 26.8. The molecule has 2 aliphatic carbocycles. The molecule has 1 unspecified atom stereocenters. The van der Waals surface area contributed by atoms with Gasteiger partial charge in [-0.15, -0.1) is 0 Å². The molecule has 0 radical (unpaired) electrons. The van der Waals surface area contributed by atoms with Gasteiger partial charge >= 0.3 is 0 Å². The first kappa shape index (κ1) is 17.3. The van der Waals surface area contributed by atoms with E-state index in [1.807, 2.05) is 48.6 Å². The first-order chi connectivity index (χ1) is 14.6. The Morgan fingerprint density at radius 2 is 1.77 bits per heavy atom. The van der Waals surface area contributed by atoms with Gasteiger partial charge < -0.3 is 4.74 Å². The summed E-state index contributed by atoms with van der Waals surface area (Å²) >= 11 is 1.66. The summed E-state index contributed by atoms with van der Waals surface area (Å²) in [7, 11) is 0. The Bertz CT molecular complexity index is 1300. The van der Waals surface area contributed by atoms with Crippen molar-refractivity contribution >= 4 is 29.7 Å². The number of rotatable bonds is 2. The summed E-state index contributed by atoms with van der Waals surface area (Å²) in [5, 5.41) is 2.37. The molecule has 2 aliphatic heterocycles. The Kier molecular flexibility index (Phi) is 3.58. The van der Waals surface area contributed by atoms with Gasteiger partial charge in [-0.1, -0.05) is 60.3 Å². The molecule has 0 aromatic heterocycles. The maximum absolute atomic E-state index is 12.5. The molecule has 144 valence electrons. The van der Waals surface area contributed by atoms with Crippen LogP contribution >= 0.6 is 11.8 Å². The van der Waals surface area contributed by atoms with Gasteiger partial charge in [-0.05, 0) is 36.4 Å². The van der Waals surface area contributed by atoms with Gasteiger partial charge in [-0.25, -0.2) is 0 Å². The van der Waals surface area contributed by atoms with Crippen LogP contribution in [0.15, 0.2) is 99.9 Å². The molecule has 1 atom stereocenters. The van der Waals surface area contributed by atoms with E-state index in [0.29, 0.717) is 16.9 Å². The first-order valence-electron chi connectivity index (χ1n) is 9.61. The number of hydrogen-bond acceptors (Lipinski definition) is 4. The molecule has 0 bridgehead atoms. The highest BCUT2D eigenvalue weighted by molar-refractivity contribution is 8.03. The average molecular weight is 409 g/mol. The highest BCUT2D eigenvalue weighted by Gasteiger charge is 2.45. The molecule has 2 aromatic carbocycles. The van der Waals surface area contributed by atoms with Crippen molar-refractivity contribution in [1.29, 1.82) is 0 Å². The van der Waals surface area contributed by atoms with E-state index in [1.54, 1.807) is 17.8 Å². The minimum absolute atomic E-state index is 0.316. The zero-order valence-corrected chi connectivity index (χ0v) is 16.5. The number of fused-ring (bicyclic) bond motifs is 3. The molecule has 0 saturated heterocycles. The summed E-state index contributed by atoms with van der Waals surface area (Å²) in [6.07, 6.45) is 14.3. The number of carbonyl (C=O) groups excluding carboxylic acids is 2. The molecular formula is C25H15NO3S. The van der Waals surface area contributed by atoms with Gasteiger partial charge in [0.05, 0.1) is 11.1 Å². The third kappa shape index (κ3) is 2.42. The maximum atomic E-state index is 12.5. The van der Waals surface area contributed by atoms with E-state index in [1.165, 1.54) is 0 Å². The molecule has 1 spiro atoms. The van der Waals surface area contributed by atoms with Crippen molar-refractivity contribution in [2.45, 2.75) is 10.5 Å². The Morgan fingerprint density at radius 3 is 2.63 bits per heavy atom. The van der Waals surface area contributed by atoms with Crippen LogP contribution in [0.2, 0.25) is 0 Å². The van der Waals surface area contributed by atoms with Crippen LogP contribution in [-0.4, -0.2) is 17.4 Å². The van der Waals surface area contributed by atoms with E-state index in [4.69, 9.17) is 4.74 Å². The Morgan fingerprint density at radius 1 is 0.900 bits per heavy atom. The fourth-order valence-electron chi connectivity index (χ4n) is 4.23. The smallest absolute Gasteiger partial charge is 0.262 e. The molecular weight excluding hydrogens is 394 g/mol. The minimum atomic E-state index is -0.825. The topological polar surface area (TPSA) is 55.4 Å². The zero-order chi connectivity index (χ0) is 20.3. The van der Waals surface area contributed by atoms with Crippen LogP contribution in [0.4, 0.5) is 0 Å². The lowest BCUT2D eigenvalue weighted by atomic mass is 9.77. The van der Waals surface area contributed by atoms with Gasteiger partial charge in [0.15, 0.2) is 5.60 Å². The average Bonchev–Trinajstić information content (AvgIpc) is 3.05. The van der Waals surface area contributed by atoms with Gasteiger partial charge in [0.1, 0.15) is 5.75 Å². The van der Waals surface area contributed by atoms with Gasteiger partial charge in [0.25, 0.3) is 11.8 Å². The van der Waals surface area contributed by atoms with Gasteiger partial charge in [-0.2, -0.15) is 0 Å². The lowest BCUT2D eigenvalue weighted by Crippen LogP contribution is -2.42. The molecule has 2 heterocycles. The number of hydrogen-bond donors (Lipinski definition) is 1. The van der Waals surface area contributed by atoms with Crippen molar-refractivity contribution in [1.82, 2.24) is 5.32 Å². The first-order valence-corrected chi connectivity index (χ1v) is 10.4. The van der Waals surface area contributed by atoms with Crippen LogP contribution in [0.5, 0.6) is 5.75 Å². The quantitative estimate of drug-likeness (QED) is 0.722. The van der Waals surface area contributed by atoms with E-state index >= 15 is 0 Å². The normalized spacial score (nSPS) is 22.6. The number of nitrogens with one attached hydrogen (secondary N) is 1. The predicted octanol–water partition coefficient (Wildman–Crippen LogP) is 4.83. The van der Waals surface area contributed by atoms with Crippen LogP contribution in [0, 0.1) is 0 Å². The van der Waals surface area contributed by atoms with Gasteiger partial charge in [0, 0.05) is 26.5 Å². The number of carbonyl (C=O) groups is 2. The van der Waals surface area contributed by atoms with Crippen molar-refractivity contribution in [3.05, 3.63) is 112 Å². The maximum Gasteiger partial charge on any atom is 0.262 e. The molecule has 0 saturated carbocycles. The molecule has 1 N–H and O–H groups in total. The molecule has 0 fully saturated rings. The number of allylic oxidation sites excluding steroid dienone is 3. The largest absolute Gasteiger partial charge is 0.472 e. The summed E-state index contributed by atoms with van der Waals surface area (Å²) in [6, 6.07) is 13.7. The standard InChI is InChI=1S/C25H15NO3S/c27-23-20-12-9-15-13-17-6-4-5-16-10-11-19(30-18-7-2-1-3-8-18)14-25(16,17)29-22(15)21(20)24(28)26-23/h1-14H,(H,26,27,28). The van der Waals surface area contributed by atoms with E-state index in [2.05, 4.69) is 35.7 Å². The summed E-state index contributed by atoms with van der Waals surface area (Å²) < 4.78 is 6.62. The third-order valence-corrected chi connectivity index (χ3v) is 6.62. The highest BCUT2D eigenvalue weighted by atomic mass is 32.2. The van der Waals surface area contributed by atoms with Crippen LogP contribution in [0.3, 0.4) is 0 Å². The fraction of sp³-hybridized carbons (Fsp3) is 0.0400. The molecule has 30 heavy (non-hydrogen) atoms. The highest BCUT2D eigenvalue weighted by Crippen LogP contribution is 2.49. The molecule has 2 amide bonds. The van der Waals surface area contributed by atoms with Crippen LogP contribution in [0.25, 0.3) is 6.08 Å². The SMILES string of the molecule is O=C1NC(=O)c2c1ccc1c2OC23C=C(Sc4ccccc4)C=CC2=CC=CC3=C1. The second-order valence-electron chi connectivity index (χ2n) is 7.40. The van der Waals surface area contributed by atoms with Crippen LogP contribution in [0.1, 0.15) is 26.3 Å². The van der Waals surface area contributed by atoms with E-state index in [0.717, 1.165) is 26.5 Å². The van der Waals surface area contributed by atoms with Crippen LogP contribution < -0.4 is 10.1 Å². The summed E-state index contributed by atoms with van der Waals surface area (Å²) in [5.74, 6) is -0.338. The molecule has 4 aliphatic rings. The zero-order valence-electron chi connectivity index (χ0n) is 15.7. The molecule has 4 nitrogen and oxygen atoms in total. The third-order valence-electron chi connectivity index (χ3n) is 5.62. The van der Waals surface area contributed by atoms with E-state index < -0.39 is 11.5 Å². The lowest BCUT2D eigenvalue weighted by molar-refractivity contribution is 0.0877. The number of benzene rings is 2. The monoisotopic (exact) mass is 409 g/mol. The fourth-order valence-corrected chi connectivity index (χ4v) is 5.15. The lowest BCUT2D eigenvalue weighted by Gasteiger charge is -2.41.